The summed E-state index contributed by atoms with van der Waals surface area (Å²) in [5.74, 6) is -0.307. The van der Waals surface area contributed by atoms with Crippen LogP contribution in [0, 0.1) is 13.8 Å². The van der Waals surface area contributed by atoms with Crippen LogP contribution in [0.25, 0.3) is 32.4 Å². The van der Waals surface area contributed by atoms with Crippen molar-refractivity contribution in [1.29, 1.82) is 0 Å². The largest absolute Gasteiger partial charge is 0.435 e. The minimum absolute atomic E-state index is 0.0380. The topological polar surface area (TPSA) is 81.9 Å². The predicted octanol–water partition coefficient (Wildman–Crippen LogP) is 5.72. The van der Waals surface area contributed by atoms with Gasteiger partial charge in [-0.2, -0.15) is 13.9 Å². The number of anilines is 1. The van der Waals surface area contributed by atoms with Gasteiger partial charge in [-0.05, 0) is 44.2 Å². The number of hydrogen-bond donors (Lipinski definition) is 1. The molecule has 0 bridgehead atoms. The van der Waals surface area contributed by atoms with Crippen LogP contribution in [-0.2, 0) is 7.05 Å². The number of ether oxygens (including phenoxy) is 1. The van der Waals surface area contributed by atoms with Gasteiger partial charge < -0.3 is 4.74 Å². The number of carbonyl (C=O) groups is 1. The molecule has 0 spiro atoms. The molecule has 5 aromatic rings. The van der Waals surface area contributed by atoms with Gasteiger partial charge in [0.05, 0.1) is 32.7 Å². The Morgan fingerprint density at radius 2 is 1.88 bits per heavy atom. The number of halogens is 2. The second kappa shape index (κ2) is 8.45. The number of aromatic nitrogens is 4. The number of pyridine rings is 1. The van der Waals surface area contributed by atoms with Crippen LogP contribution in [0.15, 0.2) is 48.5 Å². The lowest BCUT2D eigenvalue weighted by atomic mass is 10.0. The molecule has 1 N–H and O–H groups in total. The maximum absolute atomic E-state index is 13.4. The molecule has 10 heteroatoms. The van der Waals surface area contributed by atoms with Crippen molar-refractivity contribution in [2.24, 2.45) is 7.05 Å². The van der Waals surface area contributed by atoms with Crippen LogP contribution in [0.4, 0.5) is 13.9 Å². The van der Waals surface area contributed by atoms with Gasteiger partial charge in [0.25, 0.3) is 5.91 Å². The summed E-state index contributed by atoms with van der Waals surface area (Å²) >= 11 is 1.18. The second-order valence-corrected chi connectivity index (χ2v) is 8.75. The molecule has 1 amide bonds. The quantitative estimate of drug-likeness (QED) is 0.349. The zero-order chi connectivity index (χ0) is 24.0. The molecule has 0 atom stereocenters. The molecule has 172 valence electrons. The summed E-state index contributed by atoms with van der Waals surface area (Å²) in [6.45, 7) is 0.955. The van der Waals surface area contributed by atoms with E-state index in [4.69, 9.17) is 4.98 Å². The van der Waals surface area contributed by atoms with Crippen LogP contribution in [0.1, 0.15) is 21.7 Å². The molecule has 0 aliphatic heterocycles. The van der Waals surface area contributed by atoms with Crippen molar-refractivity contribution in [2.75, 3.05) is 5.32 Å². The van der Waals surface area contributed by atoms with Crippen LogP contribution in [0.5, 0.6) is 5.75 Å². The third-order valence-electron chi connectivity index (χ3n) is 5.53. The number of thiazole rings is 1. The number of aryl methyl sites for hydroxylation is 2. The van der Waals surface area contributed by atoms with Crippen LogP contribution in [0.3, 0.4) is 0 Å². The SMILES string of the molecule is Cc1nn(C)c(C)c1-c1cc(C(=O)Nc2nc3ccc(OC(F)F)cc3s2)c2ccccc2n1. The number of benzene rings is 2. The van der Waals surface area contributed by atoms with Crippen LogP contribution in [0.2, 0.25) is 0 Å². The molecular formula is C24H19F2N5O2S. The fourth-order valence-electron chi connectivity index (χ4n) is 3.93. The van der Waals surface area contributed by atoms with E-state index in [9.17, 15) is 13.6 Å². The van der Waals surface area contributed by atoms with Crippen molar-refractivity contribution in [1.82, 2.24) is 19.7 Å². The Morgan fingerprint density at radius 3 is 2.62 bits per heavy atom. The highest BCUT2D eigenvalue weighted by atomic mass is 32.1. The van der Waals surface area contributed by atoms with Crippen LogP contribution < -0.4 is 10.1 Å². The molecule has 34 heavy (non-hydrogen) atoms. The lowest BCUT2D eigenvalue weighted by Crippen LogP contribution is -2.13. The molecule has 2 aromatic carbocycles. The fourth-order valence-corrected chi connectivity index (χ4v) is 4.82. The Kier molecular flexibility index (Phi) is 5.45. The van der Waals surface area contributed by atoms with Crippen molar-refractivity contribution < 1.29 is 18.3 Å². The number of para-hydroxylation sites is 1. The molecule has 3 heterocycles. The third kappa shape index (κ3) is 3.96. The zero-order valence-corrected chi connectivity index (χ0v) is 19.3. The number of nitrogens with one attached hydrogen (secondary N) is 1. The number of amides is 1. The Morgan fingerprint density at radius 1 is 1.09 bits per heavy atom. The van der Waals surface area contributed by atoms with E-state index in [2.05, 4.69) is 20.1 Å². The van der Waals surface area contributed by atoms with Gasteiger partial charge in [-0.25, -0.2) is 9.97 Å². The van der Waals surface area contributed by atoms with Crippen LogP contribution in [-0.4, -0.2) is 32.3 Å². The van der Waals surface area contributed by atoms with Gasteiger partial charge in [0.2, 0.25) is 0 Å². The van der Waals surface area contributed by atoms with E-state index >= 15 is 0 Å². The predicted molar refractivity (Wildman–Crippen MR) is 128 cm³/mol. The summed E-state index contributed by atoms with van der Waals surface area (Å²) in [7, 11) is 1.87. The van der Waals surface area contributed by atoms with E-state index in [0.717, 1.165) is 17.0 Å². The maximum atomic E-state index is 13.4. The minimum Gasteiger partial charge on any atom is -0.435 e. The van der Waals surface area contributed by atoms with E-state index < -0.39 is 6.61 Å². The molecular weight excluding hydrogens is 460 g/mol. The first kappa shape index (κ1) is 21.9. The van der Waals surface area contributed by atoms with Crippen molar-refractivity contribution >= 4 is 43.5 Å². The summed E-state index contributed by atoms with van der Waals surface area (Å²) in [6.07, 6.45) is 0. The molecule has 0 fully saturated rings. The van der Waals surface area contributed by atoms with Crippen molar-refractivity contribution in [3.8, 4) is 17.0 Å². The lowest BCUT2D eigenvalue weighted by Gasteiger charge is -2.10. The summed E-state index contributed by atoms with van der Waals surface area (Å²) < 4.78 is 31.9. The first-order valence-electron chi connectivity index (χ1n) is 10.4. The Balaban J connectivity index is 1.54. The Bertz CT molecular complexity index is 1560. The standard InChI is InChI=1S/C24H19F2N5O2S/c1-12-21(13(2)31(3)30-12)19-11-16(15-6-4-5-7-17(15)27-19)22(32)29-24-28-18-9-8-14(33-23(25)26)10-20(18)34-24/h4-11,23H,1-3H3,(H,28,29,32). The fraction of sp³-hybridized carbons (Fsp3) is 0.167. The number of nitrogens with zero attached hydrogens (tertiary/aromatic N) is 4. The van der Waals surface area contributed by atoms with Gasteiger partial charge in [0, 0.05) is 23.7 Å². The molecule has 0 saturated carbocycles. The van der Waals surface area contributed by atoms with E-state index in [-0.39, 0.29) is 11.7 Å². The second-order valence-electron chi connectivity index (χ2n) is 7.72. The van der Waals surface area contributed by atoms with Gasteiger partial charge in [-0.1, -0.05) is 29.5 Å². The number of alkyl halides is 2. The highest BCUT2D eigenvalue weighted by molar-refractivity contribution is 7.22. The van der Waals surface area contributed by atoms with Gasteiger partial charge in [0.15, 0.2) is 5.13 Å². The summed E-state index contributed by atoms with van der Waals surface area (Å²) in [6, 6.07) is 13.7. The lowest BCUT2D eigenvalue weighted by molar-refractivity contribution is -0.0497. The number of fused-ring (bicyclic) bond motifs is 2. The van der Waals surface area contributed by atoms with Crippen molar-refractivity contribution in [2.45, 2.75) is 20.5 Å². The molecule has 0 saturated heterocycles. The molecule has 0 aliphatic carbocycles. The zero-order valence-electron chi connectivity index (χ0n) is 18.5. The average molecular weight is 480 g/mol. The molecule has 7 nitrogen and oxygen atoms in total. The molecule has 5 rings (SSSR count). The average Bonchev–Trinajstić information content (AvgIpc) is 3.30. The Hall–Kier alpha value is -3.92. The molecule has 0 radical (unpaired) electrons. The summed E-state index contributed by atoms with van der Waals surface area (Å²) in [5.41, 5.74) is 5.01. The van der Waals surface area contributed by atoms with E-state index in [1.165, 1.54) is 23.5 Å². The van der Waals surface area contributed by atoms with E-state index in [1.54, 1.807) is 16.8 Å². The minimum atomic E-state index is -2.91. The number of rotatable bonds is 5. The van der Waals surface area contributed by atoms with E-state index in [1.807, 2.05) is 45.2 Å². The number of hydrogen-bond acceptors (Lipinski definition) is 6. The van der Waals surface area contributed by atoms with E-state index in [0.29, 0.717) is 37.5 Å². The number of carbonyl (C=O) groups excluding carboxylic acids is 1. The summed E-state index contributed by atoms with van der Waals surface area (Å²) in [4.78, 5) is 22.5. The van der Waals surface area contributed by atoms with Crippen molar-refractivity contribution in [3.63, 3.8) is 0 Å². The molecule has 0 aliphatic rings. The molecule has 0 unspecified atom stereocenters. The van der Waals surface area contributed by atoms with Gasteiger partial charge in [-0.15, -0.1) is 0 Å². The first-order chi connectivity index (χ1) is 16.3. The van der Waals surface area contributed by atoms with Gasteiger partial charge in [-0.3, -0.25) is 14.8 Å². The third-order valence-corrected chi connectivity index (χ3v) is 6.47. The first-order valence-corrected chi connectivity index (χ1v) is 11.2. The van der Waals surface area contributed by atoms with Gasteiger partial charge >= 0.3 is 6.61 Å². The normalized spacial score (nSPS) is 11.5. The monoisotopic (exact) mass is 479 g/mol. The highest BCUT2D eigenvalue weighted by Gasteiger charge is 2.19. The highest BCUT2D eigenvalue weighted by Crippen LogP contribution is 2.32. The van der Waals surface area contributed by atoms with Gasteiger partial charge in [0.1, 0.15) is 5.75 Å². The summed E-state index contributed by atoms with van der Waals surface area (Å²) in [5, 5.41) is 8.37. The molecule has 3 aromatic heterocycles. The van der Waals surface area contributed by atoms with Crippen LogP contribution >= 0.6 is 11.3 Å². The Labute approximate surface area is 197 Å². The smallest absolute Gasteiger partial charge is 0.387 e. The van der Waals surface area contributed by atoms with Crippen molar-refractivity contribution in [3.05, 3.63) is 65.5 Å². The maximum Gasteiger partial charge on any atom is 0.387 e.